The summed E-state index contributed by atoms with van der Waals surface area (Å²) in [5, 5.41) is 36.0. The zero-order valence-corrected chi connectivity index (χ0v) is 27.1. The van der Waals surface area contributed by atoms with Crippen LogP contribution in [0.5, 0.6) is 0 Å². The lowest BCUT2D eigenvalue weighted by molar-refractivity contribution is -0.383. The van der Waals surface area contributed by atoms with Gasteiger partial charge in [0, 0.05) is 16.8 Å². The number of hydrogen-bond acceptors (Lipinski definition) is 14. The van der Waals surface area contributed by atoms with Gasteiger partial charge in [-0.25, -0.2) is 0 Å². The van der Waals surface area contributed by atoms with E-state index in [0.29, 0.717) is 16.9 Å². The van der Waals surface area contributed by atoms with E-state index in [9.17, 15) is 36.1 Å². The van der Waals surface area contributed by atoms with Gasteiger partial charge in [-0.15, -0.1) is 15.3 Å². The summed E-state index contributed by atoms with van der Waals surface area (Å²) in [5.41, 5.74) is 13.7. The van der Waals surface area contributed by atoms with Crippen LogP contribution in [0.15, 0.2) is 119 Å². The van der Waals surface area contributed by atoms with E-state index in [1.807, 2.05) is 6.92 Å². The highest BCUT2D eigenvalue weighted by atomic mass is 32.2. The molecule has 0 aromatic heterocycles. The second-order valence-corrected chi connectivity index (χ2v) is 13.3. The van der Waals surface area contributed by atoms with E-state index in [1.54, 1.807) is 37.3 Å². The van der Waals surface area contributed by atoms with Crippen LogP contribution in [0, 0.1) is 24.0 Å². The van der Waals surface area contributed by atoms with Crippen molar-refractivity contribution < 1.29 is 30.9 Å². The number of aryl methyl sites for hydroxylation is 2. The lowest BCUT2D eigenvalue weighted by Crippen LogP contribution is -2.03. The van der Waals surface area contributed by atoms with Gasteiger partial charge in [-0.3, -0.25) is 19.2 Å². The first-order chi connectivity index (χ1) is 23.0. The molecule has 6 N–H and O–H groups in total. The quantitative estimate of drug-likeness (QED) is 0.0374. The van der Waals surface area contributed by atoms with Crippen LogP contribution in [0.3, 0.4) is 0 Å². The molecule has 0 amide bonds. The van der Waals surface area contributed by atoms with Crippen molar-refractivity contribution in [1.82, 2.24) is 0 Å². The molecule has 0 saturated heterocycles. The number of nitrogen functional groups attached to an aromatic ring is 2. The summed E-state index contributed by atoms with van der Waals surface area (Å²) in [4.78, 5) is 9.41. The Labute approximate surface area is 278 Å². The molecular formula is C30H25N9O8S2. The van der Waals surface area contributed by atoms with Gasteiger partial charge >= 0.3 is 0 Å². The van der Waals surface area contributed by atoms with E-state index < -0.39 is 35.0 Å². The third-order valence-corrected chi connectivity index (χ3v) is 8.77. The Morgan fingerprint density at radius 3 is 1.96 bits per heavy atom. The van der Waals surface area contributed by atoms with Crippen LogP contribution in [-0.4, -0.2) is 30.9 Å². The fourth-order valence-electron chi connectivity index (χ4n) is 4.56. The fraction of sp³-hybridized carbons (Fsp3) is 0.0667. The molecule has 0 atom stereocenters. The molecule has 0 heterocycles. The van der Waals surface area contributed by atoms with Crippen molar-refractivity contribution in [2.45, 2.75) is 23.6 Å². The first-order valence-electron chi connectivity index (χ1n) is 13.8. The largest absolute Gasteiger partial charge is 0.397 e. The van der Waals surface area contributed by atoms with E-state index in [2.05, 4.69) is 30.7 Å². The van der Waals surface area contributed by atoms with Crippen molar-refractivity contribution in [3.63, 3.8) is 0 Å². The van der Waals surface area contributed by atoms with Gasteiger partial charge in [-0.2, -0.15) is 32.2 Å². The lowest BCUT2D eigenvalue weighted by atomic mass is 10.1. The number of anilines is 2. The smallest absolute Gasteiger partial charge is 0.295 e. The minimum absolute atomic E-state index is 0.0298. The van der Waals surface area contributed by atoms with Crippen LogP contribution >= 0.6 is 0 Å². The van der Waals surface area contributed by atoms with Gasteiger partial charge in [0.15, 0.2) is 0 Å². The maximum Gasteiger partial charge on any atom is 0.295 e. The van der Waals surface area contributed by atoms with Crippen molar-refractivity contribution in [3.8, 4) is 0 Å². The third kappa shape index (κ3) is 7.76. The second kappa shape index (κ2) is 13.2. The molecule has 0 fully saturated rings. The lowest BCUT2D eigenvalue weighted by Gasteiger charge is -2.09. The van der Waals surface area contributed by atoms with Gasteiger partial charge < -0.3 is 11.5 Å². The first kappa shape index (κ1) is 34.3. The van der Waals surface area contributed by atoms with E-state index in [-0.39, 0.29) is 50.6 Å². The van der Waals surface area contributed by atoms with Crippen molar-refractivity contribution in [2.24, 2.45) is 30.7 Å². The van der Waals surface area contributed by atoms with Gasteiger partial charge in [-0.1, -0.05) is 24.3 Å². The summed E-state index contributed by atoms with van der Waals surface area (Å²) in [5.74, 6) is 0. The molecule has 0 spiro atoms. The van der Waals surface area contributed by atoms with Crippen LogP contribution in [0.2, 0.25) is 0 Å². The molecule has 49 heavy (non-hydrogen) atoms. The van der Waals surface area contributed by atoms with Gasteiger partial charge in [0.25, 0.3) is 25.9 Å². The van der Waals surface area contributed by atoms with Gasteiger partial charge in [0.05, 0.1) is 27.7 Å². The van der Waals surface area contributed by atoms with Gasteiger partial charge in [0.2, 0.25) is 0 Å². The Hall–Kier alpha value is -6.02. The van der Waals surface area contributed by atoms with Crippen molar-refractivity contribution in [1.29, 1.82) is 0 Å². The molecular weight excluding hydrogens is 679 g/mol. The first-order valence-corrected chi connectivity index (χ1v) is 16.7. The molecule has 5 aromatic rings. The van der Waals surface area contributed by atoms with E-state index in [1.165, 1.54) is 30.3 Å². The number of rotatable bonds is 9. The summed E-state index contributed by atoms with van der Waals surface area (Å²) in [7, 11) is -9.61. The van der Waals surface area contributed by atoms with Crippen LogP contribution in [0.4, 0.5) is 51.2 Å². The number of nitro benzene ring substituents is 1. The van der Waals surface area contributed by atoms with Crippen molar-refractivity contribution >= 4 is 82.2 Å². The molecule has 0 bridgehead atoms. The zero-order valence-electron chi connectivity index (χ0n) is 25.5. The molecule has 5 aromatic carbocycles. The molecule has 250 valence electrons. The van der Waals surface area contributed by atoms with Crippen LogP contribution in [0.1, 0.15) is 11.1 Å². The van der Waals surface area contributed by atoms with Crippen molar-refractivity contribution in [3.05, 3.63) is 100 Å². The Bertz CT molecular complexity index is 2480. The molecule has 0 radical (unpaired) electrons. The summed E-state index contributed by atoms with van der Waals surface area (Å²) in [6.45, 7) is 3.55. The maximum absolute atomic E-state index is 12.1. The van der Waals surface area contributed by atoms with Gasteiger partial charge in [0.1, 0.15) is 32.5 Å². The SMILES string of the molecule is Cc1ccc(N=Nc2cc([N+](=O)[O-])c(N)cc2N)c(N=Nc2ccc(C)c(N=Nc3cc(S(=O)(=O)O)c4cccc(S(=O)(=O)O)c4c3)c2)c1. The number of azo groups is 3. The highest BCUT2D eigenvalue weighted by Gasteiger charge is 2.21. The Balaban J connectivity index is 1.49. The standard InChI is InChI=1S/C30H25N9O8S2/c1-16-6-9-24(35-37-26-15-28(39(40)41)23(32)14-22(26)31)27(10-16)38-33-18-8-7-17(2)25(12-18)36-34-19-11-21-20(30(13-19)49(45,46)47)4-3-5-29(21)48(42,43)44/h3-15H,31-32H2,1-2H3,(H,42,43,44)(H,45,46,47). The second-order valence-electron chi connectivity index (χ2n) is 10.5. The monoisotopic (exact) mass is 703 g/mol. The third-order valence-electron chi connectivity index (χ3n) is 6.97. The van der Waals surface area contributed by atoms with Crippen LogP contribution < -0.4 is 11.5 Å². The zero-order chi connectivity index (χ0) is 35.7. The van der Waals surface area contributed by atoms with E-state index >= 15 is 0 Å². The number of nitrogens with zero attached hydrogens (tertiary/aromatic N) is 7. The van der Waals surface area contributed by atoms with Crippen LogP contribution in [-0.2, 0) is 20.2 Å². The number of nitro groups is 1. The predicted octanol–water partition coefficient (Wildman–Crippen LogP) is 8.27. The normalized spacial score (nSPS) is 12.5. The topological polar surface area (TPSA) is 278 Å². The molecule has 0 saturated carbocycles. The number of hydrogen-bond donors (Lipinski definition) is 4. The maximum atomic E-state index is 12.1. The number of fused-ring (bicyclic) bond motifs is 1. The predicted molar refractivity (Wildman–Crippen MR) is 180 cm³/mol. The number of benzene rings is 5. The Morgan fingerprint density at radius 1 is 0.612 bits per heavy atom. The highest BCUT2D eigenvalue weighted by molar-refractivity contribution is 7.86. The molecule has 19 heteroatoms. The minimum Gasteiger partial charge on any atom is -0.397 e. The Morgan fingerprint density at radius 2 is 1.27 bits per heavy atom. The fourth-order valence-corrected chi connectivity index (χ4v) is 5.98. The summed E-state index contributed by atoms with van der Waals surface area (Å²) in [6.07, 6.45) is 0. The molecule has 0 aliphatic rings. The number of nitrogens with two attached hydrogens (primary N) is 2. The molecule has 17 nitrogen and oxygen atoms in total. The highest BCUT2D eigenvalue weighted by Crippen LogP contribution is 2.38. The Kier molecular flexibility index (Phi) is 9.27. The van der Waals surface area contributed by atoms with Crippen molar-refractivity contribution in [2.75, 3.05) is 11.5 Å². The van der Waals surface area contributed by atoms with Gasteiger partial charge in [-0.05, 0) is 73.5 Å². The van der Waals surface area contributed by atoms with E-state index in [4.69, 9.17) is 11.5 Å². The van der Waals surface area contributed by atoms with E-state index in [0.717, 1.165) is 23.8 Å². The van der Waals surface area contributed by atoms with Crippen LogP contribution in [0.25, 0.3) is 10.8 Å². The summed E-state index contributed by atoms with van der Waals surface area (Å²) in [6, 6.07) is 18.0. The molecule has 0 unspecified atom stereocenters. The average Bonchev–Trinajstić information content (AvgIpc) is 3.02. The average molecular weight is 704 g/mol. The summed E-state index contributed by atoms with van der Waals surface area (Å²) >= 11 is 0. The molecule has 5 rings (SSSR count). The molecule has 0 aliphatic heterocycles. The minimum atomic E-state index is -4.84. The summed E-state index contributed by atoms with van der Waals surface area (Å²) < 4.78 is 67.7. The molecule has 0 aliphatic carbocycles.